The highest BCUT2D eigenvalue weighted by Crippen LogP contribution is 2.39. The van der Waals surface area contributed by atoms with E-state index in [0.29, 0.717) is 0 Å². The molecule has 0 aliphatic carbocycles. The second-order valence-corrected chi connectivity index (χ2v) is 3.07. The number of carbonyl (C=O) groups is 1. The number of halogens is 5. The van der Waals surface area contributed by atoms with Crippen LogP contribution < -0.4 is 4.74 Å². The van der Waals surface area contributed by atoms with Gasteiger partial charge in [-0.3, -0.25) is 0 Å². The van der Waals surface area contributed by atoms with E-state index in [-0.39, 0.29) is 6.20 Å². The minimum Gasteiger partial charge on any atom is -0.494 e. The van der Waals surface area contributed by atoms with Crippen LogP contribution in [0.15, 0.2) is 6.20 Å². The Kier molecular flexibility index (Phi) is 3.73. The molecule has 1 rings (SSSR count). The van der Waals surface area contributed by atoms with Gasteiger partial charge in [0, 0.05) is 6.20 Å². The van der Waals surface area contributed by atoms with Crippen LogP contribution in [-0.2, 0) is 6.18 Å². The number of aromatic carboxylic acids is 1. The fourth-order valence-electron chi connectivity index (χ4n) is 1.29. The van der Waals surface area contributed by atoms with Gasteiger partial charge in [0.05, 0.1) is 12.7 Å². The first-order chi connectivity index (χ1) is 8.20. The Morgan fingerprint density at radius 1 is 1.44 bits per heavy atom. The van der Waals surface area contributed by atoms with Crippen molar-refractivity contribution in [1.82, 2.24) is 4.98 Å². The van der Waals surface area contributed by atoms with Crippen LogP contribution in [0.4, 0.5) is 22.0 Å². The maximum atomic E-state index is 12.5. The van der Waals surface area contributed by atoms with Gasteiger partial charge in [0.15, 0.2) is 11.4 Å². The van der Waals surface area contributed by atoms with Crippen LogP contribution in [0.3, 0.4) is 0 Å². The lowest BCUT2D eigenvalue weighted by atomic mass is 10.1. The highest BCUT2D eigenvalue weighted by molar-refractivity contribution is 5.93. The zero-order chi connectivity index (χ0) is 14.1. The first-order valence-electron chi connectivity index (χ1n) is 4.35. The predicted octanol–water partition coefficient (Wildman–Crippen LogP) is 2.74. The van der Waals surface area contributed by atoms with Gasteiger partial charge in [-0.1, -0.05) is 0 Å². The van der Waals surface area contributed by atoms with E-state index in [2.05, 4.69) is 9.72 Å². The second kappa shape index (κ2) is 4.75. The van der Waals surface area contributed by atoms with E-state index >= 15 is 0 Å². The average molecular weight is 271 g/mol. The van der Waals surface area contributed by atoms with Gasteiger partial charge < -0.3 is 9.84 Å². The molecule has 0 atom stereocenters. The second-order valence-electron chi connectivity index (χ2n) is 3.07. The molecule has 1 heterocycles. The average Bonchev–Trinajstić information content (AvgIpc) is 2.25. The van der Waals surface area contributed by atoms with Crippen molar-refractivity contribution in [3.05, 3.63) is 23.0 Å². The number of rotatable bonds is 3. The molecule has 9 heteroatoms. The smallest absolute Gasteiger partial charge is 0.437 e. The van der Waals surface area contributed by atoms with E-state index in [1.807, 2.05) is 0 Å². The van der Waals surface area contributed by atoms with Crippen molar-refractivity contribution in [1.29, 1.82) is 0 Å². The molecule has 0 aliphatic heterocycles. The lowest BCUT2D eigenvalue weighted by Gasteiger charge is -2.15. The summed E-state index contributed by atoms with van der Waals surface area (Å²) in [6, 6.07) is 0. The van der Waals surface area contributed by atoms with E-state index in [1.54, 1.807) is 0 Å². The molecule has 0 spiro atoms. The molecule has 0 aromatic carbocycles. The van der Waals surface area contributed by atoms with Crippen LogP contribution in [0.2, 0.25) is 0 Å². The van der Waals surface area contributed by atoms with Crippen molar-refractivity contribution in [2.45, 2.75) is 12.6 Å². The summed E-state index contributed by atoms with van der Waals surface area (Å²) >= 11 is 0. The quantitative estimate of drug-likeness (QED) is 0.859. The normalized spacial score (nSPS) is 11.7. The summed E-state index contributed by atoms with van der Waals surface area (Å²) in [6.07, 6.45) is -8.10. The topological polar surface area (TPSA) is 59.4 Å². The van der Waals surface area contributed by atoms with Gasteiger partial charge in [0.2, 0.25) is 0 Å². The number of ether oxygens (including phenoxy) is 1. The number of carboxylic acid groups (broad SMARTS) is 1. The molecule has 0 amide bonds. The maximum absolute atomic E-state index is 12.5. The van der Waals surface area contributed by atoms with Crippen molar-refractivity contribution < 1.29 is 36.6 Å². The molecule has 0 bridgehead atoms. The van der Waals surface area contributed by atoms with Crippen LogP contribution in [0.5, 0.6) is 5.75 Å². The molecule has 0 unspecified atom stereocenters. The van der Waals surface area contributed by atoms with Gasteiger partial charge in [-0.15, -0.1) is 0 Å². The summed E-state index contributed by atoms with van der Waals surface area (Å²) in [4.78, 5) is 13.6. The van der Waals surface area contributed by atoms with Crippen LogP contribution in [-0.4, -0.2) is 23.2 Å². The summed E-state index contributed by atoms with van der Waals surface area (Å²) in [5.74, 6) is -3.18. The zero-order valence-electron chi connectivity index (χ0n) is 8.76. The van der Waals surface area contributed by atoms with Crippen LogP contribution in [0, 0.1) is 0 Å². The number of carboxylic acids is 1. The van der Waals surface area contributed by atoms with Crippen LogP contribution >= 0.6 is 0 Å². The highest BCUT2D eigenvalue weighted by atomic mass is 19.4. The third-order valence-electron chi connectivity index (χ3n) is 1.99. The molecule has 18 heavy (non-hydrogen) atoms. The zero-order valence-corrected chi connectivity index (χ0v) is 8.76. The largest absolute Gasteiger partial charge is 0.494 e. The summed E-state index contributed by atoms with van der Waals surface area (Å²) in [7, 11) is 0.744. The Labute approximate surface area is 97.0 Å². The van der Waals surface area contributed by atoms with Gasteiger partial charge in [0.1, 0.15) is 5.56 Å². The highest BCUT2D eigenvalue weighted by Gasteiger charge is 2.40. The number of aromatic nitrogens is 1. The molecule has 0 fully saturated rings. The molecule has 1 aromatic rings. The van der Waals surface area contributed by atoms with Crippen LogP contribution in [0.25, 0.3) is 0 Å². The Hall–Kier alpha value is -1.93. The third-order valence-corrected chi connectivity index (χ3v) is 1.99. The first-order valence-corrected chi connectivity index (χ1v) is 4.35. The summed E-state index contributed by atoms with van der Waals surface area (Å²) in [5, 5.41) is 8.71. The number of pyridine rings is 1. The molecular formula is C9H6F5NO3. The van der Waals surface area contributed by atoms with Crippen LogP contribution in [0.1, 0.15) is 28.0 Å². The first kappa shape index (κ1) is 14.1. The maximum Gasteiger partial charge on any atom is 0.437 e. The minimum atomic E-state index is -5.00. The van der Waals surface area contributed by atoms with Gasteiger partial charge in [0.25, 0.3) is 6.43 Å². The standard InChI is InChI=1S/C9H6F5NO3/c1-18-5-4(8(16)17)3(7(10)11)2-15-6(5)9(12,13)14/h2,7H,1H3,(H,16,17). The van der Waals surface area contributed by atoms with Gasteiger partial charge in [-0.2, -0.15) is 13.2 Å². The lowest BCUT2D eigenvalue weighted by molar-refractivity contribution is -0.142. The summed E-state index contributed by atoms with van der Waals surface area (Å²) < 4.78 is 66.7. The number of methoxy groups -OCH3 is 1. The number of alkyl halides is 5. The minimum absolute atomic E-state index is 0.180. The predicted molar refractivity (Wildman–Crippen MR) is 47.7 cm³/mol. The fraction of sp³-hybridized carbons (Fsp3) is 0.333. The molecule has 1 N–H and O–H groups in total. The van der Waals surface area contributed by atoms with Crippen molar-refractivity contribution in [2.24, 2.45) is 0 Å². The molecular weight excluding hydrogens is 265 g/mol. The van der Waals surface area contributed by atoms with E-state index in [1.165, 1.54) is 0 Å². The molecule has 0 saturated heterocycles. The molecule has 1 aromatic heterocycles. The summed E-state index contributed by atoms with van der Waals surface area (Å²) in [5.41, 5.74) is -4.03. The van der Waals surface area contributed by atoms with E-state index in [4.69, 9.17) is 5.11 Å². The molecule has 0 saturated carbocycles. The molecule has 0 aliphatic rings. The van der Waals surface area contributed by atoms with Gasteiger partial charge >= 0.3 is 12.1 Å². The Balaban J connectivity index is 3.64. The third kappa shape index (κ3) is 2.49. The molecule has 0 radical (unpaired) electrons. The van der Waals surface area contributed by atoms with Crippen molar-refractivity contribution in [3.63, 3.8) is 0 Å². The SMILES string of the molecule is COc1c(C(F)(F)F)ncc(C(F)F)c1C(=O)O. The summed E-state index contributed by atoms with van der Waals surface area (Å²) in [6.45, 7) is 0. The van der Waals surface area contributed by atoms with E-state index in [0.717, 1.165) is 7.11 Å². The van der Waals surface area contributed by atoms with Crippen molar-refractivity contribution in [3.8, 4) is 5.75 Å². The number of hydrogen-bond acceptors (Lipinski definition) is 3. The monoisotopic (exact) mass is 271 g/mol. The van der Waals surface area contributed by atoms with E-state index < -0.39 is 41.1 Å². The van der Waals surface area contributed by atoms with Crippen molar-refractivity contribution >= 4 is 5.97 Å². The molecule has 4 nitrogen and oxygen atoms in total. The Morgan fingerprint density at radius 2 is 2.00 bits per heavy atom. The fourth-order valence-corrected chi connectivity index (χ4v) is 1.29. The van der Waals surface area contributed by atoms with Crippen molar-refractivity contribution in [2.75, 3.05) is 7.11 Å². The Morgan fingerprint density at radius 3 is 2.33 bits per heavy atom. The number of nitrogens with zero attached hydrogens (tertiary/aromatic N) is 1. The van der Waals surface area contributed by atoms with Gasteiger partial charge in [-0.05, 0) is 0 Å². The lowest BCUT2D eigenvalue weighted by Crippen LogP contribution is -2.16. The Bertz CT molecular complexity index is 472. The molecule has 100 valence electrons. The number of hydrogen-bond donors (Lipinski definition) is 1. The van der Waals surface area contributed by atoms with E-state index in [9.17, 15) is 26.7 Å². The van der Waals surface area contributed by atoms with Gasteiger partial charge in [-0.25, -0.2) is 18.6 Å².